The number of piperidine rings is 2. The number of carbonyl (C=O) groups is 1. The van der Waals surface area contributed by atoms with Crippen LogP contribution in [0.25, 0.3) is 22.3 Å². The monoisotopic (exact) mass is 549 g/mol. The number of fused-ring (bicyclic) bond motifs is 1. The minimum Gasteiger partial charge on any atom is -0.352 e. The van der Waals surface area contributed by atoms with Crippen LogP contribution in [0.1, 0.15) is 62.7 Å². The van der Waals surface area contributed by atoms with Gasteiger partial charge in [-0.3, -0.25) is 9.78 Å². The van der Waals surface area contributed by atoms with Gasteiger partial charge in [0.2, 0.25) is 10.0 Å². The van der Waals surface area contributed by atoms with Crippen LogP contribution in [0.5, 0.6) is 0 Å². The van der Waals surface area contributed by atoms with Crippen LogP contribution in [0, 0.1) is 5.92 Å². The zero-order valence-electron chi connectivity index (χ0n) is 23.0. The van der Waals surface area contributed by atoms with E-state index >= 15 is 0 Å². The number of hydrogen-bond acceptors (Lipinski definition) is 6. The van der Waals surface area contributed by atoms with Gasteiger partial charge in [0.15, 0.2) is 0 Å². The van der Waals surface area contributed by atoms with Crippen molar-refractivity contribution in [3.63, 3.8) is 0 Å². The van der Waals surface area contributed by atoms with Gasteiger partial charge in [-0.1, -0.05) is 19.4 Å². The van der Waals surface area contributed by atoms with Gasteiger partial charge in [-0.15, -0.1) is 0 Å². The topological polar surface area (TPSA) is 95.5 Å². The smallest absolute Gasteiger partial charge is 0.252 e. The quantitative estimate of drug-likeness (QED) is 0.409. The van der Waals surface area contributed by atoms with Gasteiger partial charge in [0.05, 0.1) is 27.4 Å². The molecule has 1 aromatic carbocycles. The lowest BCUT2D eigenvalue weighted by Crippen LogP contribution is -2.39. The summed E-state index contributed by atoms with van der Waals surface area (Å²) >= 11 is 0. The molecule has 8 nitrogen and oxygen atoms in total. The van der Waals surface area contributed by atoms with Gasteiger partial charge in [0, 0.05) is 43.8 Å². The average molecular weight is 550 g/mol. The number of benzene rings is 1. The Balaban J connectivity index is 1.42. The molecule has 2 aromatic heterocycles. The number of sulfonamides is 1. The Labute approximate surface area is 231 Å². The highest BCUT2D eigenvalue weighted by molar-refractivity contribution is 7.89. The molecule has 4 heterocycles. The molecule has 1 N–H and O–H groups in total. The number of rotatable bonds is 8. The predicted octanol–water partition coefficient (Wildman–Crippen LogP) is 4.71. The number of carbonyl (C=O) groups excluding carboxylic acids is 1. The molecule has 2 fully saturated rings. The van der Waals surface area contributed by atoms with E-state index in [4.69, 9.17) is 4.98 Å². The molecular weight excluding hydrogens is 510 g/mol. The normalized spacial score (nSPS) is 19.8. The molecule has 3 aromatic rings. The molecule has 0 bridgehead atoms. The molecule has 0 aliphatic carbocycles. The molecule has 5 rings (SSSR count). The zero-order chi connectivity index (χ0) is 27.4. The maximum absolute atomic E-state index is 13.5. The van der Waals surface area contributed by atoms with Crippen LogP contribution in [0.2, 0.25) is 0 Å². The molecule has 2 aliphatic heterocycles. The first-order chi connectivity index (χ1) is 18.8. The molecule has 2 aliphatic rings. The van der Waals surface area contributed by atoms with Crippen molar-refractivity contribution < 1.29 is 13.2 Å². The van der Waals surface area contributed by atoms with E-state index in [1.54, 1.807) is 34.8 Å². The minimum atomic E-state index is -3.66. The van der Waals surface area contributed by atoms with E-state index in [1.807, 2.05) is 18.2 Å². The molecule has 0 radical (unpaired) electrons. The van der Waals surface area contributed by atoms with Crippen LogP contribution >= 0.6 is 0 Å². The highest BCUT2D eigenvalue weighted by Gasteiger charge is 2.29. The molecule has 39 heavy (non-hydrogen) atoms. The van der Waals surface area contributed by atoms with Crippen molar-refractivity contribution in [2.75, 3.05) is 32.7 Å². The van der Waals surface area contributed by atoms with Crippen LogP contribution in [0.3, 0.4) is 0 Å². The summed E-state index contributed by atoms with van der Waals surface area (Å²) in [6.07, 6.45) is 8.01. The summed E-state index contributed by atoms with van der Waals surface area (Å²) in [5.41, 5.74) is 2.22. The lowest BCUT2D eigenvalue weighted by molar-refractivity contribution is 0.0950. The first-order valence-corrected chi connectivity index (χ1v) is 15.7. The first kappa shape index (κ1) is 27.7. The van der Waals surface area contributed by atoms with Crippen molar-refractivity contribution in [2.45, 2.75) is 63.3 Å². The van der Waals surface area contributed by atoms with Crippen LogP contribution < -0.4 is 5.32 Å². The van der Waals surface area contributed by atoms with E-state index in [-0.39, 0.29) is 10.8 Å². The van der Waals surface area contributed by atoms with E-state index in [0.717, 1.165) is 32.4 Å². The van der Waals surface area contributed by atoms with Gasteiger partial charge in [-0.05, 0) is 87.9 Å². The summed E-state index contributed by atoms with van der Waals surface area (Å²) in [5, 5.41) is 3.61. The Morgan fingerprint density at radius 1 is 1.00 bits per heavy atom. The molecule has 1 amide bonds. The number of nitrogens with zero attached hydrogens (tertiary/aromatic N) is 4. The summed E-state index contributed by atoms with van der Waals surface area (Å²) in [6, 6.07) is 12.8. The van der Waals surface area contributed by atoms with Crippen molar-refractivity contribution in [1.82, 2.24) is 24.5 Å². The molecule has 208 valence electrons. The Morgan fingerprint density at radius 3 is 2.56 bits per heavy atom. The summed E-state index contributed by atoms with van der Waals surface area (Å²) in [6.45, 7) is 8.08. The predicted molar refractivity (Wildman–Crippen MR) is 154 cm³/mol. The fourth-order valence-corrected chi connectivity index (χ4v) is 7.14. The third kappa shape index (κ3) is 6.31. The highest BCUT2D eigenvalue weighted by atomic mass is 32.2. The molecule has 0 saturated carbocycles. The van der Waals surface area contributed by atoms with E-state index in [1.165, 1.54) is 19.3 Å². The maximum atomic E-state index is 13.5. The number of hydrogen-bond donors (Lipinski definition) is 1. The molecule has 1 unspecified atom stereocenters. The van der Waals surface area contributed by atoms with Crippen molar-refractivity contribution >= 4 is 26.8 Å². The molecule has 0 spiro atoms. The number of amides is 1. The number of aromatic nitrogens is 2. The van der Waals surface area contributed by atoms with Gasteiger partial charge in [0.25, 0.3) is 5.91 Å². The van der Waals surface area contributed by atoms with E-state index in [2.05, 4.69) is 29.0 Å². The standard InChI is InChI=1S/C30H39N5O3S/c1-22-12-18-35(19-13-22)39(37,38)24-10-11-27-25(20-24)26(21-29(33-27)28-9-3-5-14-31-28)30(36)32-15-7-17-34-16-6-4-8-23(34)2/h3,5,9-11,14,20-23H,4,6-8,12-13,15-19H2,1-2H3,(H,32,36). The van der Waals surface area contributed by atoms with Gasteiger partial charge >= 0.3 is 0 Å². The fourth-order valence-electron chi connectivity index (χ4n) is 5.64. The van der Waals surface area contributed by atoms with Gasteiger partial charge in [-0.25, -0.2) is 13.4 Å². The number of likely N-dealkylation sites (tertiary alicyclic amines) is 1. The lowest BCUT2D eigenvalue weighted by atomic mass is 10.0. The fraction of sp³-hybridized carbons (Fsp3) is 0.500. The summed E-state index contributed by atoms with van der Waals surface area (Å²) in [7, 11) is -3.66. The lowest BCUT2D eigenvalue weighted by Gasteiger charge is -2.33. The van der Waals surface area contributed by atoms with Gasteiger partial charge in [-0.2, -0.15) is 4.31 Å². The second-order valence-electron chi connectivity index (χ2n) is 11.0. The third-order valence-corrected chi connectivity index (χ3v) is 10.1. The van der Waals surface area contributed by atoms with Crippen LogP contribution in [-0.2, 0) is 10.0 Å². The summed E-state index contributed by atoms with van der Waals surface area (Å²) in [4.78, 5) is 25.4. The third-order valence-electron chi connectivity index (χ3n) is 8.18. The van der Waals surface area contributed by atoms with Crippen molar-refractivity contribution in [1.29, 1.82) is 0 Å². The second-order valence-corrected chi connectivity index (χ2v) is 13.0. The molecule has 2 saturated heterocycles. The summed E-state index contributed by atoms with van der Waals surface area (Å²) in [5.74, 6) is 0.295. The average Bonchev–Trinajstić information content (AvgIpc) is 2.96. The Morgan fingerprint density at radius 2 is 1.82 bits per heavy atom. The molecule has 9 heteroatoms. The number of pyridine rings is 2. The van der Waals surface area contributed by atoms with Crippen LogP contribution in [0.4, 0.5) is 0 Å². The van der Waals surface area contributed by atoms with E-state index in [9.17, 15) is 13.2 Å². The van der Waals surface area contributed by atoms with Crippen LogP contribution in [0.15, 0.2) is 53.6 Å². The Kier molecular flexibility index (Phi) is 8.59. The SMILES string of the molecule is CC1CCN(S(=O)(=O)c2ccc3nc(-c4ccccn4)cc(C(=O)NCCCN4CCCCC4C)c3c2)CC1. The van der Waals surface area contributed by atoms with Crippen LogP contribution in [-0.4, -0.2) is 72.3 Å². The number of nitrogens with one attached hydrogen (secondary N) is 1. The molecular formula is C30H39N5O3S. The van der Waals surface area contributed by atoms with Crippen molar-refractivity contribution in [2.24, 2.45) is 5.92 Å². The van der Waals surface area contributed by atoms with Gasteiger partial charge < -0.3 is 10.2 Å². The van der Waals surface area contributed by atoms with E-state index < -0.39 is 10.0 Å². The second kappa shape index (κ2) is 12.1. The van der Waals surface area contributed by atoms with Crippen molar-refractivity contribution in [3.8, 4) is 11.4 Å². The Bertz CT molecular complexity index is 1400. The summed E-state index contributed by atoms with van der Waals surface area (Å²) < 4.78 is 28.5. The molecule has 1 atom stereocenters. The minimum absolute atomic E-state index is 0.199. The van der Waals surface area contributed by atoms with Crippen molar-refractivity contribution in [3.05, 3.63) is 54.2 Å². The highest BCUT2D eigenvalue weighted by Crippen LogP contribution is 2.29. The zero-order valence-corrected chi connectivity index (χ0v) is 23.8. The van der Waals surface area contributed by atoms with E-state index in [0.29, 0.717) is 59.4 Å². The van der Waals surface area contributed by atoms with Gasteiger partial charge in [0.1, 0.15) is 0 Å². The first-order valence-electron chi connectivity index (χ1n) is 14.2. The largest absolute Gasteiger partial charge is 0.352 e. The Hall–Kier alpha value is -2.88. The maximum Gasteiger partial charge on any atom is 0.252 e.